The van der Waals surface area contributed by atoms with E-state index in [0.717, 1.165) is 16.7 Å². The van der Waals surface area contributed by atoms with Crippen molar-refractivity contribution in [1.82, 2.24) is 15.6 Å². The number of hydrogen-bond donors (Lipinski definition) is 2. The summed E-state index contributed by atoms with van der Waals surface area (Å²) in [5.74, 6) is -0.762. The molecule has 32 heavy (non-hydrogen) atoms. The van der Waals surface area contributed by atoms with Crippen molar-refractivity contribution in [3.8, 4) is 17.2 Å². The Hall–Kier alpha value is -3.69. The number of aromatic nitrogens is 1. The van der Waals surface area contributed by atoms with Crippen LogP contribution >= 0.6 is 11.6 Å². The van der Waals surface area contributed by atoms with Crippen LogP contribution in [0.15, 0.2) is 72.9 Å². The summed E-state index contributed by atoms with van der Waals surface area (Å²) >= 11 is 5.85. The highest BCUT2D eigenvalue weighted by Gasteiger charge is 2.45. The molecule has 1 heterocycles. The third-order valence-electron chi connectivity index (χ3n) is 5.43. The van der Waals surface area contributed by atoms with Crippen molar-refractivity contribution >= 4 is 23.4 Å². The Morgan fingerprint density at radius 3 is 2.31 bits per heavy atom. The van der Waals surface area contributed by atoms with Crippen molar-refractivity contribution in [2.75, 3.05) is 0 Å². The summed E-state index contributed by atoms with van der Waals surface area (Å²) in [6, 6.07) is 21.7. The van der Waals surface area contributed by atoms with Crippen LogP contribution in [0.25, 0.3) is 11.1 Å². The molecule has 4 rings (SSSR count). The smallest absolute Gasteiger partial charge is 0.251 e. The molecule has 2 amide bonds. The Labute approximate surface area is 191 Å². The Bertz CT molecular complexity index is 1150. The molecule has 1 fully saturated rings. The van der Waals surface area contributed by atoms with E-state index in [9.17, 15) is 14.9 Å². The van der Waals surface area contributed by atoms with Crippen LogP contribution in [0.4, 0.5) is 0 Å². The molecule has 1 aliphatic carbocycles. The zero-order chi connectivity index (χ0) is 22.6. The molecular weight excluding hydrogens is 424 g/mol. The molecule has 1 aromatic heterocycles. The second-order valence-electron chi connectivity index (χ2n) is 7.85. The summed E-state index contributed by atoms with van der Waals surface area (Å²) in [4.78, 5) is 29.9. The number of amides is 2. The molecule has 1 saturated carbocycles. The summed E-state index contributed by atoms with van der Waals surface area (Å²) in [6.07, 6.45) is 3.02. The van der Waals surface area contributed by atoms with Gasteiger partial charge in [0.15, 0.2) is 0 Å². The molecular formula is C25H21ClN4O2. The van der Waals surface area contributed by atoms with Gasteiger partial charge in [0.05, 0.1) is 6.07 Å². The van der Waals surface area contributed by atoms with Crippen LogP contribution in [0.5, 0.6) is 0 Å². The van der Waals surface area contributed by atoms with Crippen LogP contribution in [0.3, 0.4) is 0 Å². The number of nitrogens with one attached hydrogen (secondary N) is 2. The number of nitrogens with zero attached hydrogens (tertiary/aromatic N) is 2. The molecule has 160 valence electrons. The summed E-state index contributed by atoms with van der Waals surface area (Å²) < 4.78 is 0. The number of nitriles is 1. The van der Waals surface area contributed by atoms with Gasteiger partial charge in [-0.25, -0.2) is 4.98 Å². The predicted octanol–water partition coefficient (Wildman–Crippen LogP) is 3.92. The second-order valence-corrected chi connectivity index (χ2v) is 8.23. The van der Waals surface area contributed by atoms with Gasteiger partial charge in [-0.1, -0.05) is 60.1 Å². The monoisotopic (exact) mass is 444 g/mol. The van der Waals surface area contributed by atoms with Crippen molar-refractivity contribution in [3.63, 3.8) is 0 Å². The first-order chi connectivity index (χ1) is 15.5. The highest BCUT2D eigenvalue weighted by molar-refractivity contribution is 6.29. The fraction of sp³-hybridized carbons (Fsp3) is 0.200. The number of carbonyl (C=O) groups is 2. The second kappa shape index (κ2) is 9.21. The lowest BCUT2D eigenvalue weighted by molar-refractivity contribution is -0.123. The SMILES string of the molecule is N#CC1(NC(=O)C(Cc2ccc(Cl)nc2)NC(=O)c2ccc(-c3ccccc3)cc2)CC1. The van der Waals surface area contributed by atoms with E-state index in [1.165, 1.54) is 0 Å². The number of benzene rings is 2. The van der Waals surface area contributed by atoms with Gasteiger partial charge in [-0.05, 0) is 47.7 Å². The third kappa shape index (κ3) is 5.13. The Morgan fingerprint density at radius 1 is 1.03 bits per heavy atom. The maximum Gasteiger partial charge on any atom is 0.251 e. The average Bonchev–Trinajstić information content (AvgIpc) is 3.60. The van der Waals surface area contributed by atoms with Crippen LogP contribution < -0.4 is 10.6 Å². The minimum Gasteiger partial charge on any atom is -0.340 e. The number of carbonyl (C=O) groups excluding carboxylic acids is 2. The molecule has 6 nitrogen and oxygen atoms in total. The average molecular weight is 445 g/mol. The van der Waals surface area contributed by atoms with E-state index in [2.05, 4.69) is 21.7 Å². The standard InChI is InChI=1S/C25H21ClN4O2/c26-22-11-6-17(15-28-22)14-21(24(32)30-25(16-27)12-13-25)29-23(31)20-9-7-19(8-10-20)18-4-2-1-3-5-18/h1-11,15,21H,12-14H2,(H,29,31)(H,30,32). The van der Waals surface area contributed by atoms with E-state index in [-0.39, 0.29) is 12.3 Å². The van der Waals surface area contributed by atoms with E-state index >= 15 is 0 Å². The summed E-state index contributed by atoms with van der Waals surface area (Å²) in [5.41, 5.74) is 2.41. The van der Waals surface area contributed by atoms with Crippen molar-refractivity contribution in [1.29, 1.82) is 5.26 Å². The molecule has 0 aliphatic heterocycles. The van der Waals surface area contributed by atoms with Gasteiger partial charge in [0.2, 0.25) is 5.91 Å². The molecule has 0 saturated heterocycles. The Morgan fingerprint density at radius 2 is 1.72 bits per heavy atom. The fourth-order valence-electron chi connectivity index (χ4n) is 3.37. The first-order valence-electron chi connectivity index (χ1n) is 10.3. The zero-order valence-electron chi connectivity index (χ0n) is 17.2. The van der Waals surface area contributed by atoms with Gasteiger partial charge < -0.3 is 10.6 Å². The lowest BCUT2D eigenvalue weighted by Gasteiger charge is -2.20. The first-order valence-corrected chi connectivity index (χ1v) is 10.7. The fourth-order valence-corrected chi connectivity index (χ4v) is 3.48. The molecule has 0 radical (unpaired) electrons. The molecule has 2 aromatic carbocycles. The number of pyridine rings is 1. The molecule has 1 aliphatic rings. The van der Waals surface area contributed by atoms with Gasteiger partial charge in [-0.2, -0.15) is 5.26 Å². The van der Waals surface area contributed by atoms with Gasteiger partial charge in [-0.15, -0.1) is 0 Å². The molecule has 7 heteroatoms. The van der Waals surface area contributed by atoms with Crippen molar-refractivity contribution in [2.45, 2.75) is 30.8 Å². The third-order valence-corrected chi connectivity index (χ3v) is 5.65. The topological polar surface area (TPSA) is 94.9 Å². The highest BCUT2D eigenvalue weighted by Crippen LogP contribution is 2.34. The maximum absolute atomic E-state index is 12.9. The highest BCUT2D eigenvalue weighted by atomic mass is 35.5. The van der Waals surface area contributed by atoms with Gasteiger partial charge in [0.25, 0.3) is 5.91 Å². The van der Waals surface area contributed by atoms with Gasteiger partial charge in [0.1, 0.15) is 16.7 Å². The van der Waals surface area contributed by atoms with E-state index in [1.807, 2.05) is 42.5 Å². The van der Waals surface area contributed by atoms with Gasteiger partial charge in [0, 0.05) is 18.2 Å². The van der Waals surface area contributed by atoms with E-state index in [0.29, 0.717) is 23.6 Å². The maximum atomic E-state index is 12.9. The number of rotatable bonds is 7. The van der Waals surface area contributed by atoms with Crippen molar-refractivity contribution < 1.29 is 9.59 Å². The van der Waals surface area contributed by atoms with E-state index in [4.69, 9.17) is 11.6 Å². The summed E-state index contributed by atoms with van der Waals surface area (Å²) in [6.45, 7) is 0. The van der Waals surface area contributed by atoms with Crippen molar-refractivity contribution in [3.05, 3.63) is 89.2 Å². The van der Waals surface area contributed by atoms with Crippen LogP contribution in [0.2, 0.25) is 5.15 Å². The van der Waals surface area contributed by atoms with Crippen LogP contribution in [0, 0.1) is 11.3 Å². The molecule has 0 bridgehead atoms. The Kier molecular flexibility index (Phi) is 6.20. The van der Waals surface area contributed by atoms with Crippen LogP contribution in [-0.4, -0.2) is 28.4 Å². The summed E-state index contributed by atoms with van der Waals surface area (Å²) in [5, 5.41) is 15.2. The van der Waals surface area contributed by atoms with Crippen LogP contribution in [-0.2, 0) is 11.2 Å². The first kappa shape index (κ1) is 21.5. The predicted molar refractivity (Wildman–Crippen MR) is 122 cm³/mol. The van der Waals surface area contributed by atoms with Crippen LogP contribution in [0.1, 0.15) is 28.8 Å². The van der Waals surface area contributed by atoms with Crippen molar-refractivity contribution in [2.24, 2.45) is 0 Å². The normalized spacial score (nSPS) is 14.6. The number of hydrogen-bond acceptors (Lipinski definition) is 4. The lowest BCUT2D eigenvalue weighted by Crippen LogP contribution is -2.51. The zero-order valence-corrected chi connectivity index (χ0v) is 18.0. The Balaban J connectivity index is 1.50. The molecule has 3 aromatic rings. The quantitative estimate of drug-likeness (QED) is 0.540. The minimum absolute atomic E-state index is 0.228. The summed E-state index contributed by atoms with van der Waals surface area (Å²) in [7, 11) is 0. The van der Waals surface area contributed by atoms with E-state index in [1.54, 1.807) is 30.5 Å². The minimum atomic E-state index is -0.856. The van der Waals surface area contributed by atoms with Gasteiger partial charge >= 0.3 is 0 Å². The lowest BCUT2D eigenvalue weighted by atomic mass is 10.0. The molecule has 0 spiro atoms. The van der Waals surface area contributed by atoms with Gasteiger partial charge in [-0.3, -0.25) is 9.59 Å². The molecule has 2 N–H and O–H groups in total. The van der Waals surface area contributed by atoms with E-state index < -0.39 is 17.5 Å². The largest absolute Gasteiger partial charge is 0.340 e. The number of halogens is 1. The molecule has 1 atom stereocenters. The molecule has 1 unspecified atom stereocenters.